The highest BCUT2D eigenvalue weighted by molar-refractivity contribution is 5.79. The first-order chi connectivity index (χ1) is 13.7. The van der Waals surface area contributed by atoms with Gasteiger partial charge in [-0.15, -0.1) is 0 Å². The molecule has 1 aromatic heterocycles. The number of carbonyl (C=O) groups is 2. The first kappa shape index (κ1) is 23.0. The molecule has 29 heavy (non-hydrogen) atoms. The van der Waals surface area contributed by atoms with Crippen LogP contribution in [-0.2, 0) is 22.4 Å². The molecule has 3 N–H and O–H groups in total. The molecule has 1 atom stereocenters. The van der Waals surface area contributed by atoms with Gasteiger partial charge in [0.05, 0.1) is 0 Å². The van der Waals surface area contributed by atoms with Crippen molar-refractivity contribution in [2.45, 2.75) is 90.2 Å². The van der Waals surface area contributed by atoms with Crippen LogP contribution in [0.3, 0.4) is 0 Å². The summed E-state index contributed by atoms with van der Waals surface area (Å²) >= 11 is 0. The molecule has 1 unspecified atom stereocenters. The maximum Gasteiger partial charge on any atom is 0.408 e. The standard InChI is InChI=1S/C22H35N3O4/c1-22(2,3)29-21(28)25-18(20(26)27)12-8-6-4-5-7-11-17-14-13-16-10-9-15-23-19(16)24-17/h13-14,18H,4-12,15H2,1-3H3,(H,23,24)(H,25,28)(H,26,27). The van der Waals surface area contributed by atoms with E-state index in [1.165, 1.54) is 12.0 Å². The number of alkyl carbamates (subject to hydrolysis) is 1. The number of aromatic nitrogens is 1. The van der Waals surface area contributed by atoms with E-state index in [0.717, 1.165) is 63.0 Å². The Morgan fingerprint density at radius 2 is 1.93 bits per heavy atom. The van der Waals surface area contributed by atoms with Crippen LogP contribution in [0.5, 0.6) is 0 Å². The molecule has 2 rings (SSSR count). The van der Waals surface area contributed by atoms with E-state index in [0.29, 0.717) is 6.42 Å². The second kappa shape index (κ2) is 11.0. The van der Waals surface area contributed by atoms with Crippen molar-refractivity contribution in [3.05, 3.63) is 23.4 Å². The van der Waals surface area contributed by atoms with Gasteiger partial charge in [0.2, 0.25) is 0 Å². The second-order valence-corrected chi connectivity index (χ2v) is 8.68. The molecule has 0 fully saturated rings. The van der Waals surface area contributed by atoms with Crippen molar-refractivity contribution in [3.63, 3.8) is 0 Å². The predicted molar refractivity (Wildman–Crippen MR) is 113 cm³/mol. The molecule has 1 aromatic rings. The number of aliphatic carboxylic acids is 1. The number of aryl methyl sites for hydroxylation is 2. The average molecular weight is 406 g/mol. The Labute approximate surface area is 173 Å². The van der Waals surface area contributed by atoms with E-state index in [4.69, 9.17) is 9.72 Å². The molecule has 0 spiro atoms. The maximum absolute atomic E-state index is 11.8. The summed E-state index contributed by atoms with van der Waals surface area (Å²) in [4.78, 5) is 27.8. The number of hydrogen-bond donors (Lipinski definition) is 3. The third-order valence-electron chi connectivity index (χ3n) is 4.87. The van der Waals surface area contributed by atoms with E-state index >= 15 is 0 Å². The Morgan fingerprint density at radius 1 is 1.21 bits per heavy atom. The summed E-state index contributed by atoms with van der Waals surface area (Å²) in [5.74, 6) is 0.0221. The molecule has 2 heterocycles. The van der Waals surface area contributed by atoms with Crippen LogP contribution in [0, 0.1) is 0 Å². The van der Waals surface area contributed by atoms with Crippen LogP contribution in [0.1, 0.15) is 77.0 Å². The zero-order valence-electron chi connectivity index (χ0n) is 17.9. The van der Waals surface area contributed by atoms with Crippen LogP contribution in [0.15, 0.2) is 12.1 Å². The molecule has 1 aliphatic heterocycles. The molecule has 0 bridgehead atoms. The Hall–Kier alpha value is -2.31. The Bertz CT molecular complexity index is 685. The van der Waals surface area contributed by atoms with Crippen molar-refractivity contribution < 1.29 is 19.4 Å². The number of carboxylic acids is 1. The molecule has 0 saturated carbocycles. The van der Waals surface area contributed by atoms with Gasteiger partial charge in [0.25, 0.3) is 0 Å². The Kier molecular flexibility index (Phi) is 8.73. The number of carboxylic acid groups (broad SMARTS) is 1. The van der Waals surface area contributed by atoms with Crippen LogP contribution in [0.4, 0.5) is 10.6 Å². The monoisotopic (exact) mass is 405 g/mol. The molecule has 0 aromatic carbocycles. The molecular formula is C22H35N3O4. The zero-order chi connectivity index (χ0) is 21.3. The van der Waals surface area contributed by atoms with E-state index < -0.39 is 23.7 Å². The summed E-state index contributed by atoms with van der Waals surface area (Å²) < 4.78 is 5.13. The van der Waals surface area contributed by atoms with E-state index in [-0.39, 0.29) is 0 Å². The number of nitrogens with zero attached hydrogens (tertiary/aromatic N) is 1. The molecule has 1 amide bonds. The minimum absolute atomic E-state index is 0.409. The second-order valence-electron chi connectivity index (χ2n) is 8.68. The summed E-state index contributed by atoms with van der Waals surface area (Å²) in [6, 6.07) is 3.41. The summed E-state index contributed by atoms with van der Waals surface area (Å²) in [7, 11) is 0. The fourth-order valence-electron chi connectivity index (χ4n) is 3.40. The van der Waals surface area contributed by atoms with Gasteiger partial charge >= 0.3 is 12.1 Å². The van der Waals surface area contributed by atoms with Crippen molar-refractivity contribution in [1.82, 2.24) is 10.3 Å². The quantitative estimate of drug-likeness (QED) is 0.502. The fraction of sp³-hybridized carbons (Fsp3) is 0.682. The summed E-state index contributed by atoms with van der Waals surface area (Å²) in [6.07, 6.45) is 7.87. The van der Waals surface area contributed by atoms with Crippen molar-refractivity contribution in [2.24, 2.45) is 0 Å². The first-order valence-electron chi connectivity index (χ1n) is 10.7. The highest BCUT2D eigenvalue weighted by atomic mass is 16.6. The van der Waals surface area contributed by atoms with Crippen molar-refractivity contribution in [1.29, 1.82) is 0 Å². The number of unbranched alkanes of at least 4 members (excludes halogenated alkanes) is 4. The van der Waals surface area contributed by atoms with Gasteiger partial charge in [-0.25, -0.2) is 14.6 Å². The van der Waals surface area contributed by atoms with E-state index in [9.17, 15) is 14.7 Å². The fourth-order valence-corrected chi connectivity index (χ4v) is 3.40. The van der Waals surface area contributed by atoms with E-state index in [2.05, 4.69) is 22.8 Å². The Balaban J connectivity index is 1.60. The number of amides is 1. The molecular weight excluding hydrogens is 370 g/mol. The predicted octanol–water partition coefficient (Wildman–Crippen LogP) is 4.30. The molecule has 1 aliphatic rings. The normalized spacial score (nSPS) is 14.4. The van der Waals surface area contributed by atoms with Gasteiger partial charge in [-0.05, 0) is 64.5 Å². The zero-order valence-corrected chi connectivity index (χ0v) is 17.9. The van der Waals surface area contributed by atoms with E-state index in [1.54, 1.807) is 20.8 Å². The highest BCUT2D eigenvalue weighted by Gasteiger charge is 2.23. The van der Waals surface area contributed by atoms with Crippen LogP contribution >= 0.6 is 0 Å². The number of anilines is 1. The number of pyridine rings is 1. The SMILES string of the molecule is CC(C)(C)OC(=O)NC(CCCCCCCc1ccc2c(n1)NCCC2)C(=O)O. The molecule has 0 aliphatic carbocycles. The number of fused-ring (bicyclic) bond motifs is 1. The van der Waals surface area contributed by atoms with Crippen molar-refractivity contribution in [3.8, 4) is 0 Å². The highest BCUT2D eigenvalue weighted by Crippen LogP contribution is 2.20. The lowest BCUT2D eigenvalue weighted by Crippen LogP contribution is -2.43. The number of hydrogen-bond acceptors (Lipinski definition) is 5. The molecule has 7 heteroatoms. The van der Waals surface area contributed by atoms with Crippen LogP contribution in [0.25, 0.3) is 0 Å². The molecule has 162 valence electrons. The number of carbonyl (C=O) groups excluding carboxylic acids is 1. The van der Waals surface area contributed by atoms with Gasteiger partial charge in [-0.1, -0.05) is 31.7 Å². The summed E-state index contributed by atoms with van der Waals surface area (Å²) in [6.45, 7) is 6.25. The molecule has 0 saturated heterocycles. The first-order valence-corrected chi connectivity index (χ1v) is 10.7. The topological polar surface area (TPSA) is 101 Å². The van der Waals surface area contributed by atoms with Gasteiger partial charge < -0.3 is 20.5 Å². The van der Waals surface area contributed by atoms with Crippen LogP contribution < -0.4 is 10.6 Å². The number of nitrogens with one attached hydrogen (secondary N) is 2. The number of rotatable bonds is 10. The average Bonchev–Trinajstić information content (AvgIpc) is 2.64. The molecule has 7 nitrogen and oxygen atoms in total. The lowest BCUT2D eigenvalue weighted by Gasteiger charge is -2.22. The third kappa shape index (κ3) is 8.71. The minimum Gasteiger partial charge on any atom is -0.480 e. The van der Waals surface area contributed by atoms with Gasteiger partial charge in [-0.2, -0.15) is 0 Å². The van der Waals surface area contributed by atoms with Crippen LogP contribution in [0.2, 0.25) is 0 Å². The van der Waals surface area contributed by atoms with Gasteiger partial charge in [-0.3, -0.25) is 0 Å². The van der Waals surface area contributed by atoms with Crippen LogP contribution in [-0.4, -0.2) is 40.3 Å². The van der Waals surface area contributed by atoms with Gasteiger partial charge in [0.15, 0.2) is 0 Å². The Morgan fingerprint density at radius 3 is 2.66 bits per heavy atom. The minimum atomic E-state index is -1.03. The summed E-state index contributed by atoms with van der Waals surface area (Å²) in [5, 5.41) is 15.1. The van der Waals surface area contributed by atoms with Crippen molar-refractivity contribution >= 4 is 17.9 Å². The van der Waals surface area contributed by atoms with E-state index in [1.807, 2.05) is 0 Å². The summed E-state index contributed by atoms with van der Waals surface area (Å²) in [5.41, 5.74) is 1.80. The lowest BCUT2D eigenvalue weighted by molar-refractivity contribution is -0.139. The maximum atomic E-state index is 11.8. The van der Waals surface area contributed by atoms with Gasteiger partial charge in [0, 0.05) is 12.2 Å². The largest absolute Gasteiger partial charge is 0.480 e. The lowest BCUT2D eigenvalue weighted by atomic mass is 10.0. The smallest absolute Gasteiger partial charge is 0.408 e. The molecule has 0 radical (unpaired) electrons. The van der Waals surface area contributed by atoms with Crippen molar-refractivity contribution in [2.75, 3.05) is 11.9 Å². The number of ether oxygens (including phenoxy) is 1. The van der Waals surface area contributed by atoms with Gasteiger partial charge in [0.1, 0.15) is 17.5 Å². The third-order valence-corrected chi connectivity index (χ3v) is 4.87.